The zero-order valence-electron chi connectivity index (χ0n) is 15.8. The van der Waals surface area contributed by atoms with Crippen LogP contribution in [0.2, 0.25) is 0 Å². The molecule has 0 amide bonds. The van der Waals surface area contributed by atoms with E-state index in [1.165, 1.54) is 103 Å². The summed E-state index contributed by atoms with van der Waals surface area (Å²) in [5.74, 6) is 0. The standard InChI is InChI=1S/C21H43NO/c1-22-20-18-16-14-12-10-8-6-4-2-3-5-7-9-11-13-15-17-19-21-23/h2,4,22-23H,3,5-21H2,1H3. The van der Waals surface area contributed by atoms with Gasteiger partial charge in [0, 0.05) is 6.61 Å². The van der Waals surface area contributed by atoms with Crippen LogP contribution < -0.4 is 5.32 Å². The Morgan fingerprint density at radius 1 is 0.565 bits per heavy atom. The Labute approximate surface area is 146 Å². The average molecular weight is 326 g/mol. The minimum Gasteiger partial charge on any atom is -0.396 e. The smallest absolute Gasteiger partial charge is 0.0431 e. The van der Waals surface area contributed by atoms with Gasteiger partial charge in [0.15, 0.2) is 0 Å². The van der Waals surface area contributed by atoms with Crippen molar-refractivity contribution in [2.24, 2.45) is 0 Å². The van der Waals surface area contributed by atoms with Gasteiger partial charge >= 0.3 is 0 Å². The minimum atomic E-state index is 0.364. The summed E-state index contributed by atoms with van der Waals surface area (Å²) in [6, 6.07) is 0. The molecule has 0 saturated heterocycles. The van der Waals surface area contributed by atoms with Crippen molar-refractivity contribution in [3.8, 4) is 0 Å². The molecule has 0 aliphatic rings. The zero-order valence-corrected chi connectivity index (χ0v) is 15.8. The monoisotopic (exact) mass is 325 g/mol. The van der Waals surface area contributed by atoms with E-state index in [0.717, 1.165) is 6.42 Å². The highest BCUT2D eigenvalue weighted by atomic mass is 16.2. The van der Waals surface area contributed by atoms with Crippen molar-refractivity contribution in [1.82, 2.24) is 5.32 Å². The maximum absolute atomic E-state index is 8.70. The first-order valence-electron chi connectivity index (χ1n) is 10.3. The van der Waals surface area contributed by atoms with E-state index in [-0.39, 0.29) is 0 Å². The molecule has 2 heteroatoms. The van der Waals surface area contributed by atoms with Gasteiger partial charge < -0.3 is 10.4 Å². The van der Waals surface area contributed by atoms with Gasteiger partial charge in [0.05, 0.1) is 0 Å². The van der Waals surface area contributed by atoms with Crippen LogP contribution in [0.5, 0.6) is 0 Å². The van der Waals surface area contributed by atoms with Crippen molar-refractivity contribution >= 4 is 0 Å². The molecule has 0 unspecified atom stereocenters. The fraction of sp³-hybridized carbons (Fsp3) is 0.905. The van der Waals surface area contributed by atoms with Crippen molar-refractivity contribution in [1.29, 1.82) is 0 Å². The molecule has 0 fully saturated rings. The molecule has 138 valence electrons. The average Bonchev–Trinajstić information content (AvgIpc) is 2.57. The number of hydrogen-bond acceptors (Lipinski definition) is 2. The second-order valence-corrected chi connectivity index (χ2v) is 6.83. The van der Waals surface area contributed by atoms with Crippen LogP contribution in [0.15, 0.2) is 12.2 Å². The molecule has 2 N–H and O–H groups in total. The lowest BCUT2D eigenvalue weighted by atomic mass is 10.1. The third kappa shape index (κ3) is 21.7. The van der Waals surface area contributed by atoms with E-state index in [0.29, 0.717) is 6.61 Å². The molecule has 0 spiro atoms. The van der Waals surface area contributed by atoms with Gasteiger partial charge in [-0.2, -0.15) is 0 Å². The lowest BCUT2D eigenvalue weighted by Crippen LogP contribution is -2.06. The van der Waals surface area contributed by atoms with Crippen molar-refractivity contribution in [3.63, 3.8) is 0 Å². The molecule has 2 nitrogen and oxygen atoms in total. The number of aliphatic hydroxyl groups is 1. The molecule has 0 aliphatic carbocycles. The van der Waals surface area contributed by atoms with Gasteiger partial charge in [-0.15, -0.1) is 0 Å². The number of unbranched alkanes of at least 4 members (excludes halogenated alkanes) is 14. The van der Waals surface area contributed by atoms with Gasteiger partial charge in [0.1, 0.15) is 0 Å². The third-order valence-electron chi connectivity index (χ3n) is 4.49. The summed E-state index contributed by atoms with van der Waals surface area (Å²) in [4.78, 5) is 0. The maximum Gasteiger partial charge on any atom is 0.0431 e. The molecule has 0 aromatic carbocycles. The van der Waals surface area contributed by atoms with Gasteiger partial charge in [0.2, 0.25) is 0 Å². The summed E-state index contributed by atoms with van der Waals surface area (Å²) in [6.45, 7) is 1.54. The van der Waals surface area contributed by atoms with Crippen LogP contribution in [0.25, 0.3) is 0 Å². The molecule has 0 bridgehead atoms. The molecule has 0 atom stereocenters. The predicted molar refractivity (Wildman–Crippen MR) is 104 cm³/mol. The molecule has 0 aromatic heterocycles. The minimum absolute atomic E-state index is 0.364. The zero-order chi connectivity index (χ0) is 16.8. The van der Waals surface area contributed by atoms with Crippen LogP contribution in [-0.4, -0.2) is 25.3 Å². The third-order valence-corrected chi connectivity index (χ3v) is 4.49. The van der Waals surface area contributed by atoms with Gasteiger partial charge in [-0.05, 0) is 52.1 Å². The first kappa shape index (κ1) is 22.7. The fourth-order valence-electron chi connectivity index (χ4n) is 2.94. The highest BCUT2D eigenvalue weighted by molar-refractivity contribution is 4.81. The molecule has 23 heavy (non-hydrogen) atoms. The number of hydrogen-bond donors (Lipinski definition) is 2. The Morgan fingerprint density at radius 2 is 0.957 bits per heavy atom. The topological polar surface area (TPSA) is 32.3 Å². The molecule has 0 aromatic rings. The van der Waals surface area contributed by atoms with Crippen LogP contribution in [0.1, 0.15) is 103 Å². The molecule has 0 rings (SSSR count). The summed E-state index contributed by atoms with van der Waals surface area (Å²) >= 11 is 0. The highest BCUT2D eigenvalue weighted by Gasteiger charge is 1.92. The second-order valence-electron chi connectivity index (χ2n) is 6.83. The lowest BCUT2D eigenvalue weighted by molar-refractivity contribution is 0.282. The molecular weight excluding hydrogens is 282 g/mol. The number of aliphatic hydroxyl groups excluding tert-OH is 1. The van der Waals surface area contributed by atoms with Crippen molar-refractivity contribution in [3.05, 3.63) is 12.2 Å². The molecule has 0 saturated carbocycles. The quantitative estimate of drug-likeness (QED) is 0.226. The van der Waals surface area contributed by atoms with E-state index < -0.39 is 0 Å². The first-order valence-corrected chi connectivity index (χ1v) is 10.3. The van der Waals surface area contributed by atoms with E-state index >= 15 is 0 Å². The van der Waals surface area contributed by atoms with E-state index in [9.17, 15) is 0 Å². The Bertz CT molecular complexity index is 228. The fourth-order valence-corrected chi connectivity index (χ4v) is 2.94. The first-order chi connectivity index (χ1) is 11.4. The number of rotatable bonds is 19. The van der Waals surface area contributed by atoms with Crippen molar-refractivity contribution < 1.29 is 5.11 Å². The normalized spacial score (nSPS) is 11.6. The molecule has 0 heterocycles. The Morgan fingerprint density at radius 3 is 1.39 bits per heavy atom. The molecule has 0 aliphatic heterocycles. The summed E-state index contributed by atoms with van der Waals surface area (Å²) in [5.41, 5.74) is 0. The number of nitrogens with one attached hydrogen (secondary N) is 1. The lowest BCUT2D eigenvalue weighted by Gasteiger charge is -2.01. The van der Waals surface area contributed by atoms with Gasteiger partial charge in [-0.1, -0.05) is 76.4 Å². The van der Waals surface area contributed by atoms with Crippen LogP contribution in [-0.2, 0) is 0 Å². The van der Waals surface area contributed by atoms with Gasteiger partial charge in [0.25, 0.3) is 0 Å². The summed E-state index contributed by atoms with van der Waals surface area (Å²) in [6.07, 6.45) is 26.0. The Hall–Kier alpha value is -0.340. The van der Waals surface area contributed by atoms with Gasteiger partial charge in [-0.3, -0.25) is 0 Å². The van der Waals surface area contributed by atoms with Crippen LogP contribution in [0.3, 0.4) is 0 Å². The summed E-state index contributed by atoms with van der Waals surface area (Å²) < 4.78 is 0. The molecule has 0 radical (unpaired) electrons. The maximum atomic E-state index is 8.70. The van der Waals surface area contributed by atoms with Crippen LogP contribution in [0.4, 0.5) is 0 Å². The Kier molecular flexibility index (Phi) is 21.3. The molecular formula is C21H43NO. The Balaban J connectivity index is 3.03. The highest BCUT2D eigenvalue weighted by Crippen LogP contribution is 2.11. The SMILES string of the molecule is CNCCCCCCCCC=CCCCCCCCCCCO. The largest absolute Gasteiger partial charge is 0.396 e. The summed E-state index contributed by atoms with van der Waals surface area (Å²) in [7, 11) is 2.04. The van der Waals surface area contributed by atoms with Gasteiger partial charge in [-0.25, -0.2) is 0 Å². The second kappa shape index (κ2) is 21.7. The van der Waals surface area contributed by atoms with E-state index in [4.69, 9.17) is 5.11 Å². The van der Waals surface area contributed by atoms with Crippen LogP contribution >= 0.6 is 0 Å². The number of allylic oxidation sites excluding steroid dienone is 2. The van der Waals surface area contributed by atoms with Crippen molar-refractivity contribution in [2.45, 2.75) is 103 Å². The summed E-state index contributed by atoms with van der Waals surface area (Å²) in [5, 5.41) is 11.9. The van der Waals surface area contributed by atoms with E-state index in [1.54, 1.807) is 0 Å². The predicted octanol–water partition coefficient (Wildman–Crippen LogP) is 6.00. The van der Waals surface area contributed by atoms with E-state index in [2.05, 4.69) is 17.5 Å². The van der Waals surface area contributed by atoms with E-state index in [1.807, 2.05) is 7.05 Å². The van der Waals surface area contributed by atoms with Crippen LogP contribution in [0, 0.1) is 0 Å². The van der Waals surface area contributed by atoms with Crippen molar-refractivity contribution in [2.75, 3.05) is 20.2 Å².